The number of nitrogens with two attached hydrogens (primary N) is 1. The fourth-order valence-corrected chi connectivity index (χ4v) is 3.09. The van der Waals surface area contributed by atoms with E-state index < -0.39 is 0 Å². The molecule has 86 valence electrons. The molecule has 2 heteroatoms. The van der Waals surface area contributed by atoms with Gasteiger partial charge in [-0.2, -0.15) is 0 Å². The summed E-state index contributed by atoms with van der Waals surface area (Å²) in [6, 6.07) is 0. The van der Waals surface area contributed by atoms with Crippen molar-refractivity contribution < 1.29 is 0 Å². The van der Waals surface area contributed by atoms with E-state index in [-0.39, 0.29) is 17.9 Å². The van der Waals surface area contributed by atoms with Gasteiger partial charge in [0.05, 0.1) is 0 Å². The first kappa shape index (κ1) is 14.2. The first-order valence-electron chi connectivity index (χ1n) is 5.51. The van der Waals surface area contributed by atoms with E-state index in [0.29, 0.717) is 5.41 Å². The average molecular weight is 220 g/mol. The van der Waals surface area contributed by atoms with Crippen LogP contribution in [0.3, 0.4) is 0 Å². The molecule has 0 aromatic carbocycles. The molecule has 14 heavy (non-hydrogen) atoms. The molecule has 1 rings (SSSR count). The summed E-state index contributed by atoms with van der Waals surface area (Å²) in [5, 5.41) is 0. The molecule has 1 saturated carbocycles. The van der Waals surface area contributed by atoms with Crippen molar-refractivity contribution in [3.63, 3.8) is 0 Å². The van der Waals surface area contributed by atoms with E-state index in [2.05, 4.69) is 34.6 Å². The molecule has 0 heterocycles. The van der Waals surface area contributed by atoms with Gasteiger partial charge in [0.1, 0.15) is 0 Å². The van der Waals surface area contributed by atoms with Gasteiger partial charge in [-0.15, -0.1) is 12.4 Å². The third-order valence-corrected chi connectivity index (χ3v) is 3.37. The van der Waals surface area contributed by atoms with Crippen molar-refractivity contribution in [2.75, 3.05) is 0 Å². The smallest absolute Gasteiger partial charge is 0.0133 e. The molecule has 0 amide bonds. The first-order valence-corrected chi connectivity index (χ1v) is 5.51. The summed E-state index contributed by atoms with van der Waals surface area (Å²) in [7, 11) is 0. The van der Waals surface area contributed by atoms with Gasteiger partial charge in [0.25, 0.3) is 0 Å². The normalized spacial score (nSPS) is 36.6. The van der Waals surface area contributed by atoms with E-state index in [0.717, 1.165) is 11.8 Å². The van der Waals surface area contributed by atoms with Crippen LogP contribution in [0.15, 0.2) is 0 Å². The predicted octanol–water partition coefficient (Wildman–Crippen LogP) is 3.61. The molecule has 1 aliphatic carbocycles. The van der Waals surface area contributed by atoms with E-state index in [4.69, 9.17) is 5.73 Å². The van der Waals surface area contributed by atoms with E-state index in [1.165, 1.54) is 19.3 Å². The zero-order valence-corrected chi connectivity index (χ0v) is 11.1. The molecule has 0 aromatic heterocycles. The highest BCUT2D eigenvalue weighted by Crippen LogP contribution is 2.45. The SMILES string of the molecule is CC(C)[C@H]1CC(C)(C)C[C@](C)(N)C1.Cl. The van der Waals surface area contributed by atoms with Crippen LogP contribution in [-0.2, 0) is 0 Å². The van der Waals surface area contributed by atoms with E-state index >= 15 is 0 Å². The third kappa shape index (κ3) is 3.78. The summed E-state index contributed by atoms with van der Waals surface area (Å²) < 4.78 is 0. The van der Waals surface area contributed by atoms with Crippen LogP contribution in [-0.4, -0.2) is 5.54 Å². The Kier molecular flexibility index (Phi) is 4.48. The summed E-state index contributed by atoms with van der Waals surface area (Å²) in [5.41, 5.74) is 6.79. The lowest BCUT2D eigenvalue weighted by molar-refractivity contribution is 0.0858. The van der Waals surface area contributed by atoms with Gasteiger partial charge in [-0.05, 0) is 43.4 Å². The molecule has 1 nitrogen and oxygen atoms in total. The fourth-order valence-electron chi connectivity index (χ4n) is 3.09. The van der Waals surface area contributed by atoms with Crippen LogP contribution < -0.4 is 5.73 Å². The second-order valence-corrected chi connectivity index (χ2v) is 6.41. The van der Waals surface area contributed by atoms with E-state index in [1.54, 1.807) is 0 Å². The van der Waals surface area contributed by atoms with Gasteiger partial charge in [-0.1, -0.05) is 27.7 Å². The lowest BCUT2D eigenvalue weighted by Gasteiger charge is -2.46. The molecule has 0 spiro atoms. The minimum atomic E-state index is 0. The van der Waals surface area contributed by atoms with Crippen molar-refractivity contribution in [2.45, 2.75) is 59.4 Å². The molecule has 2 N–H and O–H groups in total. The highest BCUT2D eigenvalue weighted by Gasteiger charge is 2.39. The van der Waals surface area contributed by atoms with Gasteiger partial charge in [0.2, 0.25) is 0 Å². The van der Waals surface area contributed by atoms with E-state index in [1.807, 2.05) is 0 Å². The molecule has 0 bridgehead atoms. The molecule has 0 aromatic rings. The fraction of sp³-hybridized carbons (Fsp3) is 1.00. The van der Waals surface area contributed by atoms with Crippen molar-refractivity contribution in [3.05, 3.63) is 0 Å². The summed E-state index contributed by atoms with van der Waals surface area (Å²) in [4.78, 5) is 0. The summed E-state index contributed by atoms with van der Waals surface area (Å²) >= 11 is 0. The Hall–Kier alpha value is 0.250. The van der Waals surface area contributed by atoms with Crippen molar-refractivity contribution in [2.24, 2.45) is 23.0 Å². The number of hydrogen-bond acceptors (Lipinski definition) is 1. The van der Waals surface area contributed by atoms with Gasteiger partial charge < -0.3 is 5.73 Å². The van der Waals surface area contributed by atoms with E-state index in [9.17, 15) is 0 Å². The summed E-state index contributed by atoms with van der Waals surface area (Å²) in [6.45, 7) is 11.6. The summed E-state index contributed by atoms with van der Waals surface area (Å²) in [5.74, 6) is 1.60. The molecule has 2 atom stereocenters. The number of rotatable bonds is 1. The summed E-state index contributed by atoms with van der Waals surface area (Å²) in [6.07, 6.45) is 3.72. The van der Waals surface area contributed by atoms with Crippen molar-refractivity contribution >= 4 is 12.4 Å². The Morgan fingerprint density at radius 2 is 1.64 bits per heavy atom. The third-order valence-electron chi connectivity index (χ3n) is 3.37. The minimum absolute atomic E-state index is 0. The van der Waals surface area contributed by atoms with Crippen LogP contribution in [0.1, 0.15) is 53.9 Å². The monoisotopic (exact) mass is 219 g/mol. The standard InChI is InChI=1S/C12H25N.ClH/c1-9(2)10-6-11(3,4)8-12(5,13)7-10;/h9-10H,6-8,13H2,1-5H3;1H/t10-,12+;/m0./s1. The number of halogens is 1. The van der Waals surface area contributed by atoms with Crippen molar-refractivity contribution in [1.82, 2.24) is 0 Å². The van der Waals surface area contributed by atoms with Gasteiger partial charge in [0.15, 0.2) is 0 Å². The Bertz CT molecular complexity index is 169. The maximum atomic E-state index is 6.28. The van der Waals surface area contributed by atoms with Crippen LogP contribution in [0, 0.1) is 17.3 Å². The zero-order chi connectivity index (χ0) is 10.3. The molecule has 1 fully saturated rings. The quantitative estimate of drug-likeness (QED) is 0.717. The van der Waals surface area contributed by atoms with Crippen molar-refractivity contribution in [1.29, 1.82) is 0 Å². The molecule has 0 unspecified atom stereocenters. The predicted molar refractivity (Wildman–Crippen MR) is 65.8 cm³/mol. The molecule has 0 saturated heterocycles. The van der Waals surface area contributed by atoms with Gasteiger partial charge in [0, 0.05) is 5.54 Å². The largest absolute Gasteiger partial charge is 0.325 e. The minimum Gasteiger partial charge on any atom is -0.325 e. The van der Waals surface area contributed by atoms with Gasteiger partial charge >= 0.3 is 0 Å². The Morgan fingerprint density at radius 1 is 1.14 bits per heavy atom. The highest BCUT2D eigenvalue weighted by molar-refractivity contribution is 5.85. The Morgan fingerprint density at radius 3 is 2.00 bits per heavy atom. The Balaban J connectivity index is 0.00000169. The lowest BCUT2D eigenvalue weighted by atomic mass is 9.62. The van der Waals surface area contributed by atoms with Crippen LogP contribution in [0.2, 0.25) is 0 Å². The van der Waals surface area contributed by atoms with Crippen LogP contribution >= 0.6 is 12.4 Å². The van der Waals surface area contributed by atoms with Gasteiger partial charge in [-0.3, -0.25) is 0 Å². The Labute approximate surface area is 95.2 Å². The maximum absolute atomic E-state index is 6.28. The second kappa shape index (κ2) is 4.40. The van der Waals surface area contributed by atoms with Crippen LogP contribution in [0.25, 0.3) is 0 Å². The zero-order valence-electron chi connectivity index (χ0n) is 10.3. The van der Waals surface area contributed by atoms with Crippen LogP contribution in [0.4, 0.5) is 0 Å². The first-order chi connectivity index (χ1) is 5.72. The molecule has 0 aliphatic heterocycles. The van der Waals surface area contributed by atoms with Crippen LogP contribution in [0.5, 0.6) is 0 Å². The molecule has 0 radical (unpaired) electrons. The molecular weight excluding hydrogens is 194 g/mol. The van der Waals surface area contributed by atoms with Gasteiger partial charge in [-0.25, -0.2) is 0 Å². The molecule has 1 aliphatic rings. The topological polar surface area (TPSA) is 26.0 Å². The second-order valence-electron chi connectivity index (χ2n) is 6.41. The molecular formula is C12H26ClN. The maximum Gasteiger partial charge on any atom is 0.0133 e. The highest BCUT2D eigenvalue weighted by atomic mass is 35.5. The lowest BCUT2D eigenvalue weighted by Crippen LogP contribution is -2.48. The average Bonchev–Trinajstić information content (AvgIpc) is 1.79. The van der Waals surface area contributed by atoms with Crippen molar-refractivity contribution in [3.8, 4) is 0 Å². The number of hydrogen-bond donors (Lipinski definition) is 1.